The van der Waals surface area contributed by atoms with E-state index in [-0.39, 0.29) is 0 Å². The van der Waals surface area contributed by atoms with Crippen LogP contribution in [0.15, 0.2) is 41.0 Å². The van der Waals surface area contributed by atoms with Crippen LogP contribution in [0.3, 0.4) is 0 Å². The highest BCUT2D eigenvalue weighted by Gasteiger charge is 2.16. The number of benzene rings is 1. The summed E-state index contributed by atoms with van der Waals surface area (Å²) in [6, 6.07) is 6.85. The summed E-state index contributed by atoms with van der Waals surface area (Å²) < 4.78 is 18.8. The van der Waals surface area contributed by atoms with Gasteiger partial charge in [0.2, 0.25) is 0 Å². The first-order valence-electron chi connectivity index (χ1n) is 6.32. The molecule has 2 amide bonds. The van der Waals surface area contributed by atoms with E-state index in [1.165, 1.54) is 31.2 Å². The van der Waals surface area contributed by atoms with Crippen LogP contribution in [0.2, 0.25) is 0 Å². The van der Waals surface area contributed by atoms with Crippen LogP contribution in [-0.2, 0) is 4.79 Å². The predicted molar refractivity (Wildman–Crippen MR) is 80.6 cm³/mol. The maximum absolute atomic E-state index is 12.8. The zero-order chi connectivity index (χ0) is 16.1. The highest BCUT2D eigenvalue weighted by Crippen LogP contribution is 2.13. The predicted octanol–water partition coefficient (Wildman–Crippen LogP) is 2.14. The lowest BCUT2D eigenvalue weighted by Gasteiger charge is -2.14. The Hall–Kier alpha value is -2.35. The Kier molecular flexibility index (Phi) is 5.16. The third kappa shape index (κ3) is 4.32. The van der Waals surface area contributed by atoms with Gasteiger partial charge >= 0.3 is 0 Å². The van der Waals surface area contributed by atoms with E-state index in [1.54, 1.807) is 12.3 Å². The number of hydrazine groups is 1. The van der Waals surface area contributed by atoms with Gasteiger partial charge in [-0.15, -0.1) is 0 Å². The Morgan fingerprint density at radius 1 is 1.27 bits per heavy atom. The number of amides is 2. The molecule has 22 heavy (non-hydrogen) atoms. The van der Waals surface area contributed by atoms with Crippen LogP contribution in [-0.4, -0.2) is 22.9 Å². The van der Waals surface area contributed by atoms with Crippen LogP contribution in [0.25, 0.3) is 0 Å². The molecule has 8 heteroatoms. The largest absolute Gasteiger partial charge is 0.481 e. The summed E-state index contributed by atoms with van der Waals surface area (Å²) in [6.45, 7) is 1.51. The molecule has 1 aromatic heterocycles. The maximum atomic E-state index is 12.8. The van der Waals surface area contributed by atoms with E-state index in [4.69, 9.17) is 4.74 Å². The van der Waals surface area contributed by atoms with Gasteiger partial charge < -0.3 is 9.72 Å². The number of halogens is 2. The van der Waals surface area contributed by atoms with Crippen molar-refractivity contribution in [3.8, 4) is 5.75 Å². The molecule has 6 nitrogen and oxygen atoms in total. The van der Waals surface area contributed by atoms with E-state index in [0.29, 0.717) is 11.4 Å². The zero-order valence-corrected chi connectivity index (χ0v) is 13.1. The Balaban J connectivity index is 1.83. The standard InChI is InChI=1S/C14H13BrFN3O3/c1-8(22-11-4-2-10(16)3-5-11)13(20)18-19-14(21)12-6-9(15)7-17-12/h2-8,17H,1H3,(H,18,20)(H,19,21). The second-order valence-corrected chi connectivity index (χ2v) is 5.30. The second-order valence-electron chi connectivity index (χ2n) is 4.39. The van der Waals surface area contributed by atoms with Gasteiger partial charge in [-0.05, 0) is 53.2 Å². The Morgan fingerprint density at radius 2 is 1.95 bits per heavy atom. The lowest BCUT2D eigenvalue weighted by molar-refractivity contribution is -0.128. The highest BCUT2D eigenvalue weighted by atomic mass is 79.9. The number of aromatic amines is 1. The van der Waals surface area contributed by atoms with Gasteiger partial charge in [-0.1, -0.05) is 0 Å². The van der Waals surface area contributed by atoms with E-state index in [0.717, 1.165) is 4.47 Å². The molecule has 1 heterocycles. The van der Waals surface area contributed by atoms with Crippen LogP contribution in [0.1, 0.15) is 17.4 Å². The molecule has 2 aromatic rings. The highest BCUT2D eigenvalue weighted by molar-refractivity contribution is 9.10. The third-order valence-corrected chi connectivity index (χ3v) is 3.15. The van der Waals surface area contributed by atoms with Crippen molar-refractivity contribution in [2.45, 2.75) is 13.0 Å². The van der Waals surface area contributed by atoms with Crippen LogP contribution in [0.4, 0.5) is 4.39 Å². The summed E-state index contributed by atoms with van der Waals surface area (Å²) in [4.78, 5) is 26.3. The quantitative estimate of drug-likeness (QED) is 0.722. The first-order valence-corrected chi connectivity index (χ1v) is 7.11. The summed E-state index contributed by atoms with van der Waals surface area (Å²) in [5.41, 5.74) is 4.80. The van der Waals surface area contributed by atoms with Gasteiger partial charge in [0.1, 0.15) is 17.3 Å². The van der Waals surface area contributed by atoms with Crippen molar-refractivity contribution in [1.82, 2.24) is 15.8 Å². The Morgan fingerprint density at radius 3 is 2.55 bits per heavy atom. The number of ether oxygens (including phenoxy) is 1. The molecular weight excluding hydrogens is 357 g/mol. The van der Waals surface area contributed by atoms with Crippen molar-refractivity contribution >= 4 is 27.7 Å². The van der Waals surface area contributed by atoms with Crippen molar-refractivity contribution in [1.29, 1.82) is 0 Å². The molecule has 1 atom stereocenters. The topological polar surface area (TPSA) is 83.2 Å². The van der Waals surface area contributed by atoms with Crippen molar-refractivity contribution in [2.75, 3.05) is 0 Å². The monoisotopic (exact) mass is 369 g/mol. The number of carbonyl (C=O) groups excluding carboxylic acids is 2. The Labute approximate surface area is 134 Å². The number of H-pyrrole nitrogens is 1. The van der Waals surface area contributed by atoms with Gasteiger partial charge in [0.25, 0.3) is 11.8 Å². The Bertz CT molecular complexity index is 672. The fraction of sp³-hybridized carbons (Fsp3) is 0.143. The molecule has 1 aromatic carbocycles. The van der Waals surface area contributed by atoms with Gasteiger partial charge in [-0.25, -0.2) is 4.39 Å². The molecule has 2 rings (SSSR count). The van der Waals surface area contributed by atoms with Crippen LogP contribution in [0.5, 0.6) is 5.75 Å². The minimum atomic E-state index is -0.860. The fourth-order valence-corrected chi connectivity index (χ4v) is 1.90. The van der Waals surface area contributed by atoms with E-state index < -0.39 is 23.7 Å². The van der Waals surface area contributed by atoms with Crippen molar-refractivity contribution in [2.24, 2.45) is 0 Å². The molecule has 0 bridgehead atoms. The zero-order valence-electron chi connectivity index (χ0n) is 11.5. The van der Waals surface area contributed by atoms with E-state index in [9.17, 15) is 14.0 Å². The van der Waals surface area contributed by atoms with Crippen molar-refractivity contribution < 1.29 is 18.7 Å². The van der Waals surface area contributed by atoms with Crippen LogP contribution in [0, 0.1) is 5.82 Å². The van der Waals surface area contributed by atoms with Gasteiger partial charge in [-0.3, -0.25) is 20.4 Å². The first-order chi connectivity index (χ1) is 10.5. The molecule has 1 unspecified atom stereocenters. The van der Waals surface area contributed by atoms with Crippen molar-refractivity contribution in [3.05, 3.63) is 52.5 Å². The average molecular weight is 370 g/mol. The van der Waals surface area contributed by atoms with Crippen LogP contribution >= 0.6 is 15.9 Å². The fourth-order valence-electron chi connectivity index (χ4n) is 1.56. The SMILES string of the molecule is CC(Oc1ccc(F)cc1)C(=O)NNC(=O)c1cc(Br)c[nH]1. The molecular formula is C14H13BrFN3O3. The molecule has 3 N–H and O–H groups in total. The summed E-state index contributed by atoms with van der Waals surface area (Å²) in [7, 11) is 0. The molecule has 0 spiro atoms. The number of hydrogen-bond donors (Lipinski definition) is 3. The minimum Gasteiger partial charge on any atom is -0.481 e. The molecule has 0 aliphatic heterocycles. The molecule has 0 radical (unpaired) electrons. The molecule has 0 aliphatic rings. The van der Waals surface area contributed by atoms with Gasteiger partial charge in [0, 0.05) is 10.7 Å². The van der Waals surface area contributed by atoms with E-state index >= 15 is 0 Å². The van der Waals surface area contributed by atoms with Crippen LogP contribution < -0.4 is 15.6 Å². The lowest BCUT2D eigenvalue weighted by Crippen LogP contribution is -2.47. The molecule has 0 aliphatic carbocycles. The number of rotatable bonds is 4. The number of carbonyl (C=O) groups is 2. The summed E-state index contributed by atoms with van der Waals surface area (Å²) in [5, 5.41) is 0. The van der Waals surface area contributed by atoms with Gasteiger partial charge in [-0.2, -0.15) is 0 Å². The maximum Gasteiger partial charge on any atom is 0.286 e. The van der Waals surface area contributed by atoms with Gasteiger partial charge in [0.05, 0.1) is 0 Å². The molecule has 0 fully saturated rings. The number of hydrogen-bond acceptors (Lipinski definition) is 3. The minimum absolute atomic E-state index is 0.291. The third-order valence-electron chi connectivity index (χ3n) is 2.69. The first kappa shape index (κ1) is 16.0. The number of aromatic nitrogens is 1. The summed E-state index contributed by atoms with van der Waals surface area (Å²) >= 11 is 3.20. The molecule has 116 valence electrons. The summed E-state index contributed by atoms with van der Waals surface area (Å²) in [5.74, 6) is -1.08. The van der Waals surface area contributed by atoms with E-state index in [2.05, 4.69) is 31.8 Å². The lowest BCUT2D eigenvalue weighted by atomic mass is 10.3. The van der Waals surface area contributed by atoms with E-state index in [1.807, 2.05) is 0 Å². The average Bonchev–Trinajstić information content (AvgIpc) is 2.93. The summed E-state index contributed by atoms with van der Waals surface area (Å²) in [6.07, 6.45) is 0.734. The van der Waals surface area contributed by atoms with Gasteiger partial charge in [0.15, 0.2) is 6.10 Å². The normalized spacial score (nSPS) is 11.6. The molecule has 0 saturated carbocycles. The number of nitrogens with one attached hydrogen (secondary N) is 3. The second kappa shape index (κ2) is 7.08. The smallest absolute Gasteiger partial charge is 0.286 e. The van der Waals surface area contributed by atoms with Crippen molar-refractivity contribution in [3.63, 3.8) is 0 Å². The molecule has 0 saturated heterocycles.